The van der Waals surface area contributed by atoms with Crippen molar-refractivity contribution in [1.29, 1.82) is 0 Å². The molecule has 0 radical (unpaired) electrons. The molecule has 1 saturated heterocycles. The van der Waals surface area contributed by atoms with Gasteiger partial charge in [-0.2, -0.15) is 0 Å². The molecule has 0 unspecified atom stereocenters. The lowest BCUT2D eigenvalue weighted by molar-refractivity contribution is -0.931. The molecular weight excluding hydrogens is 408 g/mol. The molecule has 0 bridgehead atoms. The third-order valence-corrected chi connectivity index (χ3v) is 6.18. The highest BCUT2D eigenvalue weighted by molar-refractivity contribution is 5.76. The van der Waals surface area contributed by atoms with Crippen molar-refractivity contribution in [2.24, 2.45) is 11.7 Å². The summed E-state index contributed by atoms with van der Waals surface area (Å²) in [5.74, 6) is 1.88. The van der Waals surface area contributed by atoms with Crippen LogP contribution in [0.3, 0.4) is 0 Å². The number of nitrogens with one attached hydrogen (secondary N) is 1. The molecule has 0 saturated carbocycles. The van der Waals surface area contributed by atoms with Gasteiger partial charge in [-0.1, -0.05) is 30.3 Å². The summed E-state index contributed by atoms with van der Waals surface area (Å²) in [4.78, 5) is 13.0. The molecule has 9 nitrogen and oxygen atoms in total. The number of tetrazole rings is 1. The van der Waals surface area contributed by atoms with Gasteiger partial charge in [-0.15, -0.1) is 5.10 Å². The Labute approximate surface area is 187 Å². The number of nitrogens with two attached hydrogens (primary N) is 1. The molecule has 1 aliphatic rings. The Morgan fingerprint density at radius 3 is 2.56 bits per heavy atom. The molecule has 1 atom stereocenters. The van der Waals surface area contributed by atoms with Gasteiger partial charge in [-0.05, 0) is 28.1 Å². The van der Waals surface area contributed by atoms with Crippen LogP contribution in [0.15, 0.2) is 48.5 Å². The number of quaternary nitrogens is 1. The SMILES string of the molecule is COc1ccc([C@H](c2nnnn2Cc2ccccc2)[NH+]2CCC(C(N)=O)CC2)c(OC)c1. The summed E-state index contributed by atoms with van der Waals surface area (Å²) in [5, 5.41) is 12.7. The van der Waals surface area contributed by atoms with Gasteiger partial charge in [-0.25, -0.2) is 4.68 Å². The Balaban J connectivity index is 1.73. The quantitative estimate of drug-likeness (QED) is 0.534. The highest BCUT2D eigenvalue weighted by Gasteiger charge is 2.37. The predicted octanol–water partition coefficient (Wildman–Crippen LogP) is 0.608. The van der Waals surface area contributed by atoms with Crippen molar-refractivity contribution in [3.8, 4) is 11.5 Å². The minimum atomic E-state index is -0.225. The molecule has 3 N–H and O–H groups in total. The smallest absolute Gasteiger partial charge is 0.220 e. The third kappa shape index (κ3) is 4.57. The van der Waals surface area contributed by atoms with E-state index in [1.54, 1.807) is 14.2 Å². The Morgan fingerprint density at radius 2 is 1.91 bits per heavy atom. The van der Waals surface area contributed by atoms with Crippen LogP contribution < -0.4 is 20.1 Å². The first-order valence-corrected chi connectivity index (χ1v) is 10.8. The molecule has 1 aliphatic heterocycles. The highest BCUT2D eigenvalue weighted by atomic mass is 16.5. The average molecular weight is 438 g/mol. The first kappa shape index (κ1) is 21.8. The van der Waals surface area contributed by atoms with E-state index >= 15 is 0 Å². The van der Waals surface area contributed by atoms with Gasteiger partial charge in [0.1, 0.15) is 11.5 Å². The summed E-state index contributed by atoms with van der Waals surface area (Å²) in [6, 6.07) is 15.8. The first-order chi connectivity index (χ1) is 15.6. The molecule has 9 heteroatoms. The van der Waals surface area contributed by atoms with Gasteiger partial charge in [0, 0.05) is 24.8 Å². The summed E-state index contributed by atoms with van der Waals surface area (Å²) in [6.45, 7) is 2.13. The zero-order valence-electron chi connectivity index (χ0n) is 18.4. The van der Waals surface area contributed by atoms with Crippen molar-refractivity contribution in [3.05, 3.63) is 65.5 Å². The molecule has 32 heavy (non-hydrogen) atoms. The van der Waals surface area contributed by atoms with Crippen LogP contribution in [0, 0.1) is 5.92 Å². The lowest BCUT2D eigenvalue weighted by Crippen LogP contribution is -3.13. The lowest BCUT2D eigenvalue weighted by Gasteiger charge is -2.34. The number of nitrogens with zero attached hydrogens (tertiary/aromatic N) is 4. The Bertz CT molecular complexity index is 1050. The first-order valence-electron chi connectivity index (χ1n) is 10.8. The van der Waals surface area contributed by atoms with Gasteiger partial charge in [0.05, 0.1) is 39.4 Å². The number of methoxy groups -OCH3 is 2. The standard InChI is InChI=1S/C23H28N6O3/c1-31-18-8-9-19(20(14-18)32-2)21(28-12-10-17(11-13-28)22(24)30)23-25-26-27-29(23)15-16-6-4-3-5-7-16/h3-9,14,17,21H,10-13,15H2,1-2H3,(H2,24,30)/p+1/t21-/m1/s1. The summed E-state index contributed by atoms with van der Waals surface area (Å²) >= 11 is 0. The van der Waals surface area contributed by atoms with Crippen LogP contribution in [0.5, 0.6) is 11.5 Å². The molecule has 2 heterocycles. The van der Waals surface area contributed by atoms with Crippen LogP contribution in [0.25, 0.3) is 0 Å². The van der Waals surface area contributed by atoms with Crippen molar-refractivity contribution < 1.29 is 19.2 Å². The summed E-state index contributed by atoms with van der Waals surface area (Å²) in [5.41, 5.74) is 7.66. The van der Waals surface area contributed by atoms with E-state index in [1.807, 2.05) is 41.1 Å². The molecule has 3 aromatic rings. The Hall–Kier alpha value is -3.46. The normalized spacial score (nSPS) is 19.3. The lowest BCUT2D eigenvalue weighted by atomic mass is 9.93. The molecule has 2 aromatic carbocycles. The van der Waals surface area contributed by atoms with Crippen LogP contribution >= 0.6 is 0 Å². The second-order valence-electron chi connectivity index (χ2n) is 8.06. The van der Waals surface area contributed by atoms with E-state index in [4.69, 9.17) is 15.2 Å². The Kier molecular flexibility index (Phi) is 6.65. The van der Waals surface area contributed by atoms with E-state index < -0.39 is 0 Å². The van der Waals surface area contributed by atoms with Crippen molar-refractivity contribution in [2.45, 2.75) is 25.4 Å². The molecule has 0 spiro atoms. The molecule has 4 rings (SSSR count). The fraction of sp³-hybridized carbons (Fsp3) is 0.391. The van der Waals surface area contributed by atoms with Crippen molar-refractivity contribution in [2.75, 3.05) is 27.3 Å². The number of amides is 1. The van der Waals surface area contributed by atoms with Crippen LogP contribution in [0.4, 0.5) is 0 Å². The summed E-state index contributed by atoms with van der Waals surface area (Å²) in [6.07, 6.45) is 1.47. The van der Waals surface area contributed by atoms with E-state index in [-0.39, 0.29) is 17.9 Å². The van der Waals surface area contributed by atoms with E-state index in [0.29, 0.717) is 12.3 Å². The summed E-state index contributed by atoms with van der Waals surface area (Å²) < 4.78 is 13.0. The highest BCUT2D eigenvalue weighted by Crippen LogP contribution is 2.31. The van der Waals surface area contributed by atoms with Gasteiger partial charge in [-0.3, -0.25) is 4.79 Å². The molecule has 1 fully saturated rings. The fourth-order valence-electron chi connectivity index (χ4n) is 4.45. The molecule has 1 aromatic heterocycles. The van der Waals surface area contributed by atoms with Crippen molar-refractivity contribution >= 4 is 5.91 Å². The zero-order chi connectivity index (χ0) is 22.5. The number of piperidine rings is 1. The van der Waals surface area contributed by atoms with Gasteiger partial charge < -0.3 is 20.1 Å². The largest absolute Gasteiger partial charge is 0.497 e. The third-order valence-electron chi connectivity index (χ3n) is 6.18. The van der Waals surface area contributed by atoms with Crippen molar-refractivity contribution in [1.82, 2.24) is 20.2 Å². The maximum Gasteiger partial charge on any atom is 0.220 e. The molecule has 1 amide bonds. The fourth-order valence-corrected chi connectivity index (χ4v) is 4.45. The average Bonchev–Trinajstić information content (AvgIpc) is 3.28. The zero-order valence-corrected chi connectivity index (χ0v) is 18.4. The van der Waals surface area contributed by atoms with Crippen LogP contribution in [0.1, 0.15) is 35.8 Å². The molecule has 0 aliphatic carbocycles. The number of aromatic nitrogens is 4. The topological polar surface area (TPSA) is 110 Å². The number of benzene rings is 2. The number of hydrogen-bond acceptors (Lipinski definition) is 6. The number of carbonyl (C=O) groups excluding carboxylic acids is 1. The van der Waals surface area contributed by atoms with Crippen LogP contribution in [-0.4, -0.2) is 53.4 Å². The molecule has 168 valence electrons. The van der Waals surface area contributed by atoms with E-state index in [1.165, 1.54) is 4.90 Å². The second kappa shape index (κ2) is 9.78. The molecular formula is C23H29N6O3+. The minimum absolute atomic E-state index is 0.0857. The van der Waals surface area contributed by atoms with E-state index in [9.17, 15) is 4.79 Å². The maximum absolute atomic E-state index is 11.7. The van der Waals surface area contributed by atoms with E-state index in [0.717, 1.165) is 48.6 Å². The number of likely N-dealkylation sites (tertiary alicyclic amines) is 1. The van der Waals surface area contributed by atoms with Crippen LogP contribution in [0.2, 0.25) is 0 Å². The number of hydrogen-bond donors (Lipinski definition) is 2. The maximum atomic E-state index is 11.7. The number of rotatable bonds is 8. The van der Waals surface area contributed by atoms with E-state index in [2.05, 4.69) is 27.7 Å². The van der Waals surface area contributed by atoms with Gasteiger partial charge in [0.15, 0.2) is 6.04 Å². The second-order valence-corrected chi connectivity index (χ2v) is 8.06. The van der Waals surface area contributed by atoms with Gasteiger partial charge in [0.2, 0.25) is 11.7 Å². The van der Waals surface area contributed by atoms with Crippen LogP contribution in [-0.2, 0) is 11.3 Å². The predicted molar refractivity (Wildman–Crippen MR) is 117 cm³/mol. The van der Waals surface area contributed by atoms with Gasteiger partial charge >= 0.3 is 0 Å². The number of ether oxygens (including phenoxy) is 2. The summed E-state index contributed by atoms with van der Waals surface area (Å²) in [7, 11) is 3.28. The number of carbonyl (C=O) groups is 1. The van der Waals surface area contributed by atoms with Gasteiger partial charge in [0.25, 0.3) is 0 Å². The monoisotopic (exact) mass is 437 g/mol. The Morgan fingerprint density at radius 1 is 1.16 bits per heavy atom. The number of primary amides is 1. The van der Waals surface area contributed by atoms with Crippen molar-refractivity contribution in [3.63, 3.8) is 0 Å². The minimum Gasteiger partial charge on any atom is -0.497 e.